The molecule has 0 bridgehead atoms. The Bertz CT molecular complexity index is 366. The van der Waals surface area contributed by atoms with Crippen LogP contribution in [0.1, 0.15) is 52.4 Å². The summed E-state index contributed by atoms with van der Waals surface area (Å²) in [5, 5.41) is 3.50. The van der Waals surface area contributed by atoms with Gasteiger partial charge in [-0.2, -0.15) is 0 Å². The first kappa shape index (κ1) is 13.4. The van der Waals surface area contributed by atoms with Gasteiger partial charge in [-0.25, -0.2) is 0 Å². The number of piperidine rings is 1. The van der Waals surface area contributed by atoms with Gasteiger partial charge in [0.1, 0.15) is 0 Å². The van der Waals surface area contributed by atoms with Crippen LogP contribution in [-0.2, 0) is 4.79 Å². The summed E-state index contributed by atoms with van der Waals surface area (Å²) in [6.07, 6.45) is 7.34. The van der Waals surface area contributed by atoms with Crippen LogP contribution in [0.2, 0.25) is 0 Å². The smallest absolute Gasteiger partial charge is 0.230 e. The monoisotopic (exact) mass is 264 g/mol. The van der Waals surface area contributed by atoms with Crippen molar-refractivity contribution in [3.63, 3.8) is 0 Å². The van der Waals surface area contributed by atoms with Gasteiger partial charge in [-0.3, -0.25) is 4.79 Å². The molecule has 3 rings (SSSR count). The third kappa shape index (κ3) is 2.31. The molecule has 3 aliphatic rings. The lowest BCUT2D eigenvalue weighted by Gasteiger charge is -2.45. The highest BCUT2D eigenvalue weighted by Gasteiger charge is 2.52. The third-order valence-corrected chi connectivity index (χ3v) is 5.65. The van der Waals surface area contributed by atoms with Crippen molar-refractivity contribution in [3.8, 4) is 0 Å². The predicted molar refractivity (Wildman–Crippen MR) is 76.9 cm³/mol. The first-order chi connectivity index (χ1) is 9.04. The first-order valence-electron chi connectivity index (χ1n) is 8.04. The molecule has 0 radical (unpaired) electrons. The highest BCUT2D eigenvalue weighted by molar-refractivity contribution is 5.84. The number of fused-ring (bicyclic) bond motifs is 1. The summed E-state index contributed by atoms with van der Waals surface area (Å²) in [7, 11) is 0. The standard InChI is InChI=1S/C16H28N2O/c1-15(2)7-5-9-18(12-15)14(19)16-8-4-3-6-13(16)10-17-11-16/h13,17H,3-12H2,1-2H3/t13-,16+/m0/s1. The highest BCUT2D eigenvalue weighted by atomic mass is 16.2. The van der Waals surface area contributed by atoms with Crippen LogP contribution >= 0.6 is 0 Å². The van der Waals surface area contributed by atoms with Gasteiger partial charge in [0.15, 0.2) is 0 Å². The SMILES string of the molecule is CC1(C)CCCN(C(=O)[C@@]23CCCC[C@H]2CNC3)C1. The Morgan fingerprint density at radius 3 is 2.84 bits per heavy atom. The van der Waals surface area contributed by atoms with Crippen molar-refractivity contribution >= 4 is 5.91 Å². The van der Waals surface area contributed by atoms with Gasteiger partial charge in [0.05, 0.1) is 5.41 Å². The van der Waals surface area contributed by atoms with Crippen molar-refractivity contribution in [1.29, 1.82) is 0 Å². The average molecular weight is 264 g/mol. The van der Waals surface area contributed by atoms with Gasteiger partial charge in [-0.05, 0) is 43.6 Å². The minimum Gasteiger partial charge on any atom is -0.342 e. The van der Waals surface area contributed by atoms with E-state index in [0.29, 0.717) is 17.2 Å². The summed E-state index contributed by atoms with van der Waals surface area (Å²) < 4.78 is 0. The van der Waals surface area contributed by atoms with Crippen LogP contribution in [-0.4, -0.2) is 37.0 Å². The van der Waals surface area contributed by atoms with Crippen molar-refractivity contribution in [1.82, 2.24) is 10.2 Å². The number of nitrogens with one attached hydrogen (secondary N) is 1. The van der Waals surface area contributed by atoms with E-state index in [1.807, 2.05) is 0 Å². The molecule has 2 saturated heterocycles. The molecule has 0 aromatic heterocycles. The zero-order valence-electron chi connectivity index (χ0n) is 12.5. The Labute approximate surface area is 117 Å². The second-order valence-corrected chi connectivity index (χ2v) is 7.72. The van der Waals surface area contributed by atoms with E-state index < -0.39 is 0 Å². The Hall–Kier alpha value is -0.570. The van der Waals surface area contributed by atoms with Crippen LogP contribution in [0.3, 0.4) is 0 Å². The molecule has 0 spiro atoms. The fraction of sp³-hybridized carbons (Fsp3) is 0.938. The number of hydrogen-bond donors (Lipinski definition) is 1. The molecule has 1 aliphatic carbocycles. The maximum Gasteiger partial charge on any atom is 0.230 e. The van der Waals surface area contributed by atoms with E-state index in [9.17, 15) is 4.79 Å². The molecule has 3 fully saturated rings. The lowest BCUT2D eigenvalue weighted by Crippen LogP contribution is -2.53. The molecular weight excluding hydrogens is 236 g/mol. The minimum atomic E-state index is -0.0499. The molecule has 3 heteroatoms. The van der Waals surface area contributed by atoms with Crippen molar-refractivity contribution in [3.05, 3.63) is 0 Å². The van der Waals surface area contributed by atoms with Gasteiger partial charge in [-0.1, -0.05) is 26.7 Å². The number of nitrogens with zero attached hydrogens (tertiary/aromatic N) is 1. The molecule has 0 aromatic carbocycles. The largest absolute Gasteiger partial charge is 0.342 e. The lowest BCUT2D eigenvalue weighted by atomic mass is 9.67. The Morgan fingerprint density at radius 1 is 1.21 bits per heavy atom. The molecule has 108 valence electrons. The summed E-state index contributed by atoms with van der Waals surface area (Å²) in [6, 6.07) is 0. The zero-order chi connectivity index (χ0) is 13.5. The Balaban J connectivity index is 1.78. The second kappa shape index (κ2) is 4.76. The van der Waals surface area contributed by atoms with E-state index in [-0.39, 0.29) is 5.41 Å². The number of carbonyl (C=O) groups excluding carboxylic acids is 1. The molecule has 1 amide bonds. The number of amides is 1. The van der Waals surface area contributed by atoms with Gasteiger partial charge < -0.3 is 10.2 Å². The van der Waals surface area contributed by atoms with E-state index in [4.69, 9.17) is 0 Å². The summed E-state index contributed by atoms with van der Waals surface area (Å²) in [5.74, 6) is 1.06. The van der Waals surface area contributed by atoms with Crippen molar-refractivity contribution < 1.29 is 4.79 Å². The van der Waals surface area contributed by atoms with Crippen LogP contribution in [0.25, 0.3) is 0 Å². The maximum atomic E-state index is 13.1. The van der Waals surface area contributed by atoms with Gasteiger partial charge in [0, 0.05) is 19.6 Å². The first-order valence-corrected chi connectivity index (χ1v) is 8.04. The van der Waals surface area contributed by atoms with Crippen LogP contribution in [0, 0.1) is 16.7 Å². The molecule has 2 atom stereocenters. The molecule has 1 saturated carbocycles. The van der Waals surface area contributed by atoms with Crippen molar-refractivity contribution in [2.45, 2.75) is 52.4 Å². The van der Waals surface area contributed by atoms with Gasteiger partial charge >= 0.3 is 0 Å². The highest BCUT2D eigenvalue weighted by Crippen LogP contribution is 2.46. The molecule has 0 aromatic rings. The normalized spacial score (nSPS) is 38.0. The summed E-state index contributed by atoms with van der Waals surface area (Å²) in [5.41, 5.74) is 0.256. The summed E-state index contributed by atoms with van der Waals surface area (Å²) >= 11 is 0. The number of hydrogen-bond acceptors (Lipinski definition) is 2. The predicted octanol–water partition coefficient (Wildman–Crippen LogP) is 2.41. The summed E-state index contributed by atoms with van der Waals surface area (Å²) in [6.45, 7) is 8.53. The van der Waals surface area contributed by atoms with Crippen molar-refractivity contribution in [2.75, 3.05) is 26.2 Å². The number of carbonyl (C=O) groups is 1. The Morgan fingerprint density at radius 2 is 2.05 bits per heavy atom. The molecule has 1 N–H and O–H groups in total. The summed E-state index contributed by atoms with van der Waals surface area (Å²) in [4.78, 5) is 15.3. The molecule has 2 aliphatic heterocycles. The second-order valence-electron chi connectivity index (χ2n) is 7.72. The zero-order valence-corrected chi connectivity index (χ0v) is 12.5. The molecule has 0 unspecified atom stereocenters. The van der Waals surface area contributed by atoms with Crippen LogP contribution in [0.15, 0.2) is 0 Å². The van der Waals surface area contributed by atoms with Gasteiger partial charge in [-0.15, -0.1) is 0 Å². The van der Waals surface area contributed by atoms with Crippen LogP contribution in [0.4, 0.5) is 0 Å². The lowest BCUT2D eigenvalue weighted by molar-refractivity contribution is -0.148. The minimum absolute atomic E-state index is 0.0499. The van der Waals surface area contributed by atoms with Crippen molar-refractivity contribution in [2.24, 2.45) is 16.7 Å². The molecular formula is C16H28N2O. The average Bonchev–Trinajstić information content (AvgIpc) is 2.81. The van der Waals surface area contributed by atoms with E-state index >= 15 is 0 Å². The number of rotatable bonds is 1. The topological polar surface area (TPSA) is 32.3 Å². The van der Waals surface area contributed by atoms with Gasteiger partial charge in [0.2, 0.25) is 5.91 Å². The van der Waals surface area contributed by atoms with Crippen LogP contribution in [0.5, 0.6) is 0 Å². The fourth-order valence-corrected chi connectivity index (χ4v) is 4.58. The van der Waals surface area contributed by atoms with Crippen LogP contribution < -0.4 is 5.32 Å². The maximum absolute atomic E-state index is 13.1. The van der Waals surface area contributed by atoms with Gasteiger partial charge in [0.25, 0.3) is 0 Å². The van der Waals surface area contributed by atoms with E-state index in [0.717, 1.165) is 32.6 Å². The third-order valence-electron chi connectivity index (χ3n) is 5.65. The van der Waals surface area contributed by atoms with E-state index in [1.165, 1.54) is 32.1 Å². The van der Waals surface area contributed by atoms with E-state index in [1.54, 1.807) is 0 Å². The van der Waals surface area contributed by atoms with E-state index in [2.05, 4.69) is 24.1 Å². The number of likely N-dealkylation sites (tertiary alicyclic amines) is 1. The molecule has 3 nitrogen and oxygen atoms in total. The Kier molecular flexibility index (Phi) is 3.36. The fourth-order valence-electron chi connectivity index (χ4n) is 4.58. The quantitative estimate of drug-likeness (QED) is 0.789. The molecule has 19 heavy (non-hydrogen) atoms. The molecule has 2 heterocycles.